The zero-order chi connectivity index (χ0) is 38.5. The van der Waals surface area contributed by atoms with Gasteiger partial charge in [0.15, 0.2) is 5.78 Å². The van der Waals surface area contributed by atoms with Crippen LogP contribution in [0.4, 0.5) is 0 Å². The Morgan fingerprint density at radius 2 is 1.48 bits per heavy atom. The number of ketones is 1. The van der Waals surface area contributed by atoms with Crippen molar-refractivity contribution in [1.29, 1.82) is 0 Å². The standard InChI is InChI=1S/C35H35N3.C13H24O2.Ir/c1-23(2)28-17-18-31-33(22-28)37-34(38-35(31)29-20-25(4)19-26(5)21-29)12-7-6-9-30-10-8-11-32(36-30)27-15-13-24(3)14-16-27;1-5-10(6-2)12(14)9-13(15)11(7-3)8-4;/h8,10-11,13-15,17-20,22-23H,6-7,9,12H2,1-5H3;9-11,14H,5-8H2,1-4H3;/q-2;;/b;12-9-;. The van der Waals surface area contributed by atoms with Gasteiger partial charge in [0.2, 0.25) is 0 Å². The topological polar surface area (TPSA) is 76.0 Å². The molecule has 0 aliphatic carbocycles. The van der Waals surface area contributed by atoms with Gasteiger partial charge in [-0.15, -0.1) is 70.3 Å². The van der Waals surface area contributed by atoms with E-state index in [-0.39, 0.29) is 43.5 Å². The van der Waals surface area contributed by atoms with Gasteiger partial charge in [0, 0.05) is 50.1 Å². The summed E-state index contributed by atoms with van der Waals surface area (Å²) >= 11 is 0. The number of aromatic nitrogens is 3. The summed E-state index contributed by atoms with van der Waals surface area (Å²) in [5, 5.41) is 10.9. The van der Waals surface area contributed by atoms with Crippen LogP contribution in [0.1, 0.15) is 120 Å². The summed E-state index contributed by atoms with van der Waals surface area (Å²) in [6, 6.07) is 30.3. The smallest absolute Gasteiger partial charge is 0.162 e. The first-order valence-corrected chi connectivity index (χ1v) is 19.7. The predicted molar refractivity (Wildman–Crippen MR) is 221 cm³/mol. The number of aliphatic hydroxyl groups excluding tert-OH is 1. The molecule has 0 unspecified atom stereocenters. The molecule has 0 aliphatic heterocycles. The molecule has 0 bridgehead atoms. The van der Waals surface area contributed by atoms with Gasteiger partial charge in [0.05, 0.1) is 11.3 Å². The Balaban J connectivity index is 0.000000418. The van der Waals surface area contributed by atoms with Gasteiger partial charge >= 0.3 is 0 Å². The first-order valence-electron chi connectivity index (χ1n) is 19.7. The number of allylic oxidation sites excluding steroid dienone is 2. The van der Waals surface area contributed by atoms with E-state index in [0.29, 0.717) is 5.92 Å². The number of carbonyl (C=O) groups is 1. The van der Waals surface area contributed by atoms with Crippen molar-refractivity contribution >= 4 is 16.7 Å². The van der Waals surface area contributed by atoms with E-state index in [1.54, 1.807) is 0 Å². The molecule has 0 saturated heterocycles. The third kappa shape index (κ3) is 12.5. The van der Waals surface area contributed by atoms with Crippen molar-refractivity contribution in [3.63, 3.8) is 0 Å². The Hall–Kier alpha value is -3.99. The van der Waals surface area contributed by atoms with Gasteiger partial charge in [-0.25, -0.2) is 4.98 Å². The number of aliphatic hydroxyl groups is 1. The van der Waals surface area contributed by atoms with Crippen LogP contribution in [0.15, 0.2) is 78.6 Å². The van der Waals surface area contributed by atoms with E-state index in [9.17, 15) is 9.90 Å². The number of carbonyl (C=O) groups excluding carboxylic acids is 1. The zero-order valence-electron chi connectivity index (χ0n) is 33.8. The number of nitrogens with zero attached hydrogens (tertiary/aromatic N) is 3. The van der Waals surface area contributed by atoms with Crippen LogP contribution in [0, 0.1) is 44.7 Å². The van der Waals surface area contributed by atoms with Crippen LogP contribution < -0.4 is 0 Å². The number of unbranched alkanes of at least 4 members (excludes halogenated alkanes) is 1. The molecule has 5 nitrogen and oxygen atoms in total. The fourth-order valence-electron chi connectivity index (χ4n) is 6.69. The summed E-state index contributed by atoms with van der Waals surface area (Å²) in [4.78, 5) is 26.7. The molecule has 289 valence electrons. The SMILES string of the molecule is CCC(CC)C(=O)/C=C(\O)C(CC)CC.Cc1[c-]c(-c2nc(CCCCc3cccc(-c4[c-]cc(C)cc4)n3)nc3cc(C(C)C)ccc23)cc(C)c1.[Ir]. The second-order valence-electron chi connectivity index (χ2n) is 14.7. The number of fused-ring (bicyclic) bond motifs is 1. The van der Waals surface area contributed by atoms with Crippen LogP contribution in [0.2, 0.25) is 0 Å². The molecule has 5 aromatic rings. The molecule has 1 N–H and O–H groups in total. The van der Waals surface area contributed by atoms with Crippen molar-refractivity contribution in [3.05, 3.63) is 124 Å². The summed E-state index contributed by atoms with van der Waals surface area (Å²) in [5.41, 5.74) is 11.0. The number of pyridine rings is 1. The molecule has 54 heavy (non-hydrogen) atoms. The van der Waals surface area contributed by atoms with E-state index in [0.717, 1.165) is 102 Å². The van der Waals surface area contributed by atoms with Crippen LogP contribution in [0.3, 0.4) is 0 Å². The van der Waals surface area contributed by atoms with Crippen molar-refractivity contribution in [2.75, 3.05) is 0 Å². The Kier molecular flexibility index (Phi) is 17.9. The summed E-state index contributed by atoms with van der Waals surface area (Å²) < 4.78 is 0. The quantitative estimate of drug-likeness (QED) is 0.0490. The van der Waals surface area contributed by atoms with Crippen LogP contribution in [0.25, 0.3) is 33.4 Å². The van der Waals surface area contributed by atoms with Crippen LogP contribution in [-0.4, -0.2) is 25.8 Å². The minimum Gasteiger partial charge on any atom is -0.512 e. The zero-order valence-corrected chi connectivity index (χ0v) is 36.2. The van der Waals surface area contributed by atoms with Crippen LogP contribution in [-0.2, 0) is 37.7 Å². The third-order valence-electron chi connectivity index (χ3n) is 10.1. The molecular formula is C48H59IrN3O2-2. The molecule has 2 aromatic heterocycles. The van der Waals surface area contributed by atoms with E-state index >= 15 is 0 Å². The number of hydrogen-bond acceptors (Lipinski definition) is 5. The predicted octanol–water partition coefficient (Wildman–Crippen LogP) is 12.4. The Morgan fingerprint density at radius 1 is 0.778 bits per heavy atom. The molecule has 0 aliphatic rings. The van der Waals surface area contributed by atoms with Crippen LogP contribution >= 0.6 is 0 Å². The summed E-state index contributed by atoms with van der Waals surface area (Å²) in [5.74, 6) is 1.90. The number of rotatable bonds is 15. The second-order valence-corrected chi connectivity index (χ2v) is 14.7. The molecule has 5 rings (SSSR count). The molecular weight excluding hydrogens is 843 g/mol. The monoisotopic (exact) mass is 902 g/mol. The number of aryl methyl sites for hydroxylation is 5. The Morgan fingerprint density at radius 3 is 2.11 bits per heavy atom. The first kappa shape index (κ1) is 44.4. The maximum atomic E-state index is 11.7. The van der Waals surface area contributed by atoms with Crippen molar-refractivity contribution in [3.8, 4) is 22.5 Å². The average molecular weight is 902 g/mol. The summed E-state index contributed by atoms with van der Waals surface area (Å²) in [6.07, 6.45) is 8.72. The van der Waals surface area contributed by atoms with E-state index in [2.05, 4.69) is 107 Å². The molecule has 0 saturated carbocycles. The van der Waals surface area contributed by atoms with Crippen molar-refractivity contribution in [1.82, 2.24) is 15.0 Å². The number of benzene rings is 3. The Bertz CT molecular complexity index is 1950. The van der Waals surface area contributed by atoms with E-state index in [1.807, 2.05) is 33.8 Å². The molecule has 0 fully saturated rings. The van der Waals surface area contributed by atoms with Crippen molar-refractivity contribution in [2.45, 2.75) is 120 Å². The van der Waals surface area contributed by atoms with E-state index < -0.39 is 0 Å². The van der Waals surface area contributed by atoms with E-state index in [4.69, 9.17) is 15.0 Å². The fourth-order valence-corrected chi connectivity index (χ4v) is 6.69. The maximum absolute atomic E-state index is 11.7. The van der Waals surface area contributed by atoms with Gasteiger partial charge in [-0.05, 0) is 85.3 Å². The van der Waals surface area contributed by atoms with Crippen molar-refractivity contribution < 1.29 is 30.0 Å². The van der Waals surface area contributed by atoms with Gasteiger partial charge in [0.25, 0.3) is 0 Å². The van der Waals surface area contributed by atoms with Crippen molar-refractivity contribution in [2.24, 2.45) is 11.8 Å². The molecule has 0 spiro atoms. The Labute approximate surface area is 338 Å². The molecule has 1 radical (unpaired) electrons. The third-order valence-corrected chi connectivity index (χ3v) is 10.1. The van der Waals surface area contributed by atoms with Crippen LogP contribution in [0.5, 0.6) is 0 Å². The molecule has 2 heterocycles. The molecule has 3 aromatic carbocycles. The largest absolute Gasteiger partial charge is 0.512 e. The van der Waals surface area contributed by atoms with Gasteiger partial charge in [-0.1, -0.05) is 86.6 Å². The van der Waals surface area contributed by atoms with Gasteiger partial charge in [0.1, 0.15) is 5.82 Å². The molecule has 6 heteroatoms. The molecule has 0 atom stereocenters. The maximum Gasteiger partial charge on any atom is 0.162 e. The fraction of sp³-hybridized carbons (Fsp3) is 0.417. The summed E-state index contributed by atoms with van der Waals surface area (Å²) in [7, 11) is 0. The average Bonchev–Trinajstić information content (AvgIpc) is 3.14. The van der Waals surface area contributed by atoms with Gasteiger partial charge < -0.3 is 10.1 Å². The first-order chi connectivity index (χ1) is 25.5. The number of hydrogen-bond donors (Lipinski definition) is 1. The normalized spacial score (nSPS) is 11.5. The summed E-state index contributed by atoms with van der Waals surface area (Å²) in [6.45, 7) is 18.8. The van der Waals surface area contributed by atoms with Gasteiger partial charge in [-0.2, -0.15) is 0 Å². The van der Waals surface area contributed by atoms with Gasteiger partial charge in [-0.3, -0.25) is 9.78 Å². The molecule has 0 amide bonds. The minimum atomic E-state index is 0. The van der Waals surface area contributed by atoms with E-state index in [1.165, 1.54) is 22.8 Å². The second kappa shape index (κ2) is 21.8. The minimum absolute atomic E-state index is 0.